The Balaban J connectivity index is 2.35. The number of hydrogen-bond acceptors (Lipinski definition) is 3. The zero-order valence-electron chi connectivity index (χ0n) is 6.27. The molecule has 2 atom stereocenters. The van der Waals surface area contributed by atoms with Crippen LogP contribution in [0.15, 0.2) is 5.11 Å². The van der Waals surface area contributed by atoms with Crippen LogP contribution in [0.25, 0.3) is 10.4 Å². The number of azide groups is 1. The minimum atomic E-state index is -0.353. The van der Waals surface area contributed by atoms with Crippen LogP contribution in [0.5, 0.6) is 0 Å². The minimum absolute atomic E-state index is 0.146. The number of hydrogen-bond donors (Lipinski definition) is 2. The maximum absolute atomic E-state index is 9.35. The Morgan fingerprint density at radius 1 is 1.73 bits per heavy atom. The predicted molar refractivity (Wildman–Crippen MR) is 41.0 cm³/mol. The maximum Gasteiger partial charge on any atom is 0.0694 e. The third-order valence-electron chi connectivity index (χ3n) is 1.97. The Morgan fingerprint density at radius 2 is 2.55 bits per heavy atom. The number of aliphatic hydroxyl groups excluding tert-OH is 1. The van der Waals surface area contributed by atoms with Crippen LogP contribution >= 0.6 is 0 Å². The lowest BCUT2D eigenvalue weighted by molar-refractivity contribution is 0.0863. The molecule has 0 aromatic heterocycles. The molecule has 0 aromatic rings. The van der Waals surface area contributed by atoms with Gasteiger partial charge in [0.15, 0.2) is 0 Å². The Labute approximate surface area is 65.0 Å². The first-order chi connectivity index (χ1) is 5.34. The van der Waals surface area contributed by atoms with E-state index in [0.29, 0.717) is 13.1 Å². The predicted octanol–water partition coefficient (Wildman–Crippen LogP) is 0.267. The molecule has 0 aliphatic carbocycles. The van der Waals surface area contributed by atoms with Crippen molar-refractivity contribution in [1.29, 1.82) is 0 Å². The molecule has 0 bridgehead atoms. The second-order valence-electron chi connectivity index (χ2n) is 2.73. The number of aliphatic hydroxyl groups is 1. The van der Waals surface area contributed by atoms with Crippen LogP contribution in [0, 0.1) is 5.92 Å². The van der Waals surface area contributed by atoms with Gasteiger partial charge in [-0.1, -0.05) is 5.11 Å². The van der Waals surface area contributed by atoms with E-state index in [1.165, 1.54) is 0 Å². The Morgan fingerprint density at radius 3 is 3.18 bits per heavy atom. The molecule has 2 N–H and O–H groups in total. The molecule has 1 saturated heterocycles. The molecule has 0 aromatic carbocycles. The summed E-state index contributed by atoms with van der Waals surface area (Å²) in [6.45, 7) is 1.94. The number of piperidine rings is 1. The molecule has 5 nitrogen and oxygen atoms in total. The van der Waals surface area contributed by atoms with E-state index in [-0.39, 0.29) is 12.0 Å². The van der Waals surface area contributed by atoms with Gasteiger partial charge in [-0.2, -0.15) is 0 Å². The molecule has 1 heterocycles. The van der Waals surface area contributed by atoms with Crippen molar-refractivity contribution < 1.29 is 5.11 Å². The SMILES string of the molecule is [N-]=[N+]=NC[C@@H]1CCNC[C@@H]1O. The topological polar surface area (TPSA) is 81.0 Å². The van der Waals surface area contributed by atoms with Crippen LogP contribution in [-0.2, 0) is 0 Å². The fourth-order valence-electron chi connectivity index (χ4n) is 1.25. The van der Waals surface area contributed by atoms with Gasteiger partial charge in [-0.3, -0.25) is 0 Å². The lowest BCUT2D eigenvalue weighted by atomic mass is 9.95. The molecule has 1 fully saturated rings. The summed E-state index contributed by atoms with van der Waals surface area (Å²) in [6.07, 6.45) is 0.537. The zero-order valence-corrected chi connectivity index (χ0v) is 6.27. The van der Waals surface area contributed by atoms with E-state index in [9.17, 15) is 5.11 Å². The summed E-state index contributed by atoms with van der Waals surface area (Å²) >= 11 is 0. The van der Waals surface area contributed by atoms with Crippen LogP contribution < -0.4 is 5.32 Å². The van der Waals surface area contributed by atoms with Crippen molar-refractivity contribution in [2.75, 3.05) is 19.6 Å². The van der Waals surface area contributed by atoms with Crippen LogP contribution in [-0.4, -0.2) is 30.8 Å². The van der Waals surface area contributed by atoms with Gasteiger partial charge < -0.3 is 10.4 Å². The zero-order chi connectivity index (χ0) is 8.10. The van der Waals surface area contributed by atoms with Crippen molar-refractivity contribution in [2.24, 2.45) is 11.0 Å². The maximum atomic E-state index is 9.35. The number of rotatable bonds is 2. The fraction of sp³-hybridized carbons (Fsp3) is 1.00. The fourth-order valence-corrected chi connectivity index (χ4v) is 1.25. The quantitative estimate of drug-likeness (QED) is 0.342. The molecule has 1 aliphatic heterocycles. The highest BCUT2D eigenvalue weighted by atomic mass is 16.3. The van der Waals surface area contributed by atoms with E-state index in [4.69, 9.17) is 5.53 Å². The normalized spacial score (nSPS) is 31.0. The number of nitrogens with zero attached hydrogens (tertiary/aromatic N) is 3. The van der Waals surface area contributed by atoms with Gasteiger partial charge in [0.1, 0.15) is 0 Å². The van der Waals surface area contributed by atoms with Crippen molar-refractivity contribution in [3.05, 3.63) is 10.4 Å². The second kappa shape index (κ2) is 4.18. The molecular formula is C6H12N4O. The molecule has 1 rings (SSSR count). The van der Waals surface area contributed by atoms with Gasteiger partial charge in [0, 0.05) is 18.0 Å². The molecule has 0 radical (unpaired) electrons. The largest absolute Gasteiger partial charge is 0.392 e. The molecule has 0 saturated carbocycles. The standard InChI is InChI=1S/C6H12N4O/c7-10-9-3-5-1-2-8-4-6(5)11/h5-6,8,11H,1-4H2/t5-,6-/m0/s1. The Hall–Kier alpha value is -0.770. The Bertz CT molecular complexity index is 166. The third kappa shape index (κ3) is 2.38. The van der Waals surface area contributed by atoms with E-state index in [1.54, 1.807) is 0 Å². The average Bonchev–Trinajstić information content (AvgIpc) is 2.03. The van der Waals surface area contributed by atoms with Crippen LogP contribution in [0.2, 0.25) is 0 Å². The highest BCUT2D eigenvalue weighted by Crippen LogP contribution is 2.12. The Kier molecular flexibility index (Phi) is 3.16. The van der Waals surface area contributed by atoms with Gasteiger partial charge in [0.05, 0.1) is 6.10 Å². The van der Waals surface area contributed by atoms with E-state index in [1.807, 2.05) is 0 Å². The lowest BCUT2D eigenvalue weighted by Crippen LogP contribution is -2.41. The molecule has 0 spiro atoms. The van der Waals surface area contributed by atoms with Crippen molar-refractivity contribution in [3.8, 4) is 0 Å². The highest BCUT2D eigenvalue weighted by Gasteiger charge is 2.21. The van der Waals surface area contributed by atoms with Gasteiger partial charge in [-0.25, -0.2) is 0 Å². The monoisotopic (exact) mass is 156 g/mol. The van der Waals surface area contributed by atoms with E-state index in [0.717, 1.165) is 13.0 Å². The van der Waals surface area contributed by atoms with Gasteiger partial charge in [0.25, 0.3) is 0 Å². The summed E-state index contributed by atoms with van der Waals surface area (Å²) in [5.74, 6) is 0.146. The lowest BCUT2D eigenvalue weighted by Gasteiger charge is -2.26. The minimum Gasteiger partial charge on any atom is -0.392 e. The first-order valence-corrected chi connectivity index (χ1v) is 3.74. The molecule has 1 aliphatic rings. The van der Waals surface area contributed by atoms with Crippen molar-refractivity contribution in [1.82, 2.24) is 5.32 Å². The van der Waals surface area contributed by atoms with Crippen molar-refractivity contribution in [3.63, 3.8) is 0 Å². The summed E-state index contributed by atoms with van der Waals surface area (Å²) in [7, 11) is 0. The summed E-state index contributed by atoms with van der Waals surface area (Å²) in [4.78, 5) is 2.66. The number of nitrogens with one attached hydrogen (secondary N) is 1. The average molecular weight is 156 g/mol. The van der Waals surface area contributed by atoms with Gasteiger partial charge >= 0.3 is 0 Å². The molecule has 11 heavy (non-hydrogen) atoms. The molecule has 0 amide bonds. The number of β-amino-alcohol motifs (C(OH)–C–C–N with tert-alkyl or cyclic N) is 1. The van der Waals surface area contributed by atoms with Gasteiger partial charge in [-0.05, 0) is 24.4 Å². The van der Waals surface area contributed by atoms with E-state index < -0.39 is 0 Å². The van der Waals surface area contributed by atoms with Crippen molar-refractivity contribution in [2.45, 2.75) is 12.5 Å². The molecule has 0 unspecified atom stereocenters. The van der Waals surface area contributed by atoms with E-state index >= 15 is 0 Å². The molecule has 62 valence electrons. The highest BCUT2D eigenvalue weighted by molar-refractivity contribution is 4.78. The first kappa shape index (κ1) is 8.33. The van der Waals surface area contributed by atoms with Crippen LogP contribution in [0.3, 0.4) is 0 Å². The van der Waals surface area contributed by atoms with Gasteiger partial charge in [0.2, 0.25) is 0 Å². The smallest absolute Gasteiger partial charge is 0.0694 e. The van der Waals surface area contributed by atoms with Crippen molar-refractivity contribution >= 4 is 0 Å². The summed E-state index contributed by atoms with van der Waals surface area (Å²) in [5, 5.41) is 15.8. The van der Waals surface area contributed by atoms with Crippen LogP contribution in [0.4, 0.5) is 0 Å². The molecule has 5 heteroatoms. The van der Waals surface area contributed by atoms with Gasteiger partial charge in [-0.15, -0.1) is 0 Å². The summed E-state index contributed by atoms with van der Waals surface area (Å²) < 4.78 is 0. The van der Waals surface area contributed by atoms with Crippen LogP contribution in [0.1, 0.15) is 6.42 Å². The first-order valence-electron chi connectivity index (χ1n) is 3.74. The summed E-state index contributed by atoms with van der Waals surface area (Å²) in [5.41, 5.74) is 8.04. The van der Waals surface area contributed by atoms with E-state index in [2.05, 4.69) is 15.3 Å². The third-order valence-corrected chi connectivity index (χ3v) is 1.97. The second-order valence-corrected chi connectivity index (χ2v) is 2.73. The molecular weight excluding hydrogens is 144 g/mol. The summed E-state index contributed by atoms with van der Waals surface area (Å²) in [6, 6.07) is 0.